The van der Waals surface area contributed by atoms with E-state index < -0.39 is 0 Å². The maximum atomic E-state index is 9.64. The lowest BCUT2D eigenvalue weighted by Gasteiger charge is -2.11. The van der Waals surface area contributed by atoms with Gasteiger partial charge in [0.1, 0.15) is 5.75 Å². The van der Waals surface area contributed by atoms with Crippen LogP contribution < -0.4 is 0 Å². The molecule has 1 N–H and O–H groups in total. The van der Waals surface area contributed by atoms with Crippen LogP contribution in [0.1, 0.15) is 18.1 Å². The number of aryl methyl sites for hydroxylation is 2. The lowest BCUT2D eigenvalue weighted by molar-refractivity contribution is 0.470. The van der Waals surface area contributed by atoms with Crippen LogP contribution in [-0.2, 0) is 6.42 Å². The summed E-state index contributed by atoms with van der Waals surface area (Å²) >= 11 is 0. The molecular formula is C14H20N2O. The number of likely N-dealkylation sites (N-methyl/N-ethyl adjacent to an activating group) is 1. The van der Waals surface area contributed by atoms with Crippen LogP contribution in [0.15, 0.2) is 29.8 Å². The second kappa shape index (κ2) is 6.09. The highest BCUT2D eigenvalue weighted by atomic mass is 16.3. The van der Waals surface area contributed by atoms with Crippen molar-refractivity contribution in [2.45, 2.75) is 20.3 Å². The first-order valence-electron chi connectivity index (χ1n) is 5.76. The Morgan fingerprint density at radius 2 is 2.18 bits per heavy atom. The van der Waals surface area contributed by atoms with Crippen molar-refractivity contribution < 1.29 is 5.11 Å². The first kappa shape index (κ1) is 13.3. The molecular weight excluding hydrogens is 212 g/mol. The molecule has 0 unspecified atom stereocenters. The van der Waals surface area contributed by atoms with Gasteiger partial charge in [-0.1, -0.05) is 13.0 Å². The minimum atomic E-state index is 0.334. The fourth-order valence-electron chi connectivity index (χ4n) is 1.54. The summed E-state index contributed by atoms with van der Waals surface area (Å²) < 4.78 is 0. The largest absolute Gasteiger partial charge is 0.508 e. The topological polar surface area (TPSA) is 35.8 Å². The van der Waals surface area contributed by atoms with Crippen molar-refractivity contribution in [1.82, 2.24) is 4.90 Å². The number of aromatic hydroxyl groups is 1. The van der Waals surface area contributed by atoms with Gasteiger partial charge in [-0.15, -0.1) is 6.58 Å². The monoisotopic (exact) mass is 232 g/mol. The Bertz CT molecular complexity index is 424. The standard InChI is InChI=1S/C14H20N2O/c1-5-7-16(4)10-15-13-8-11(3)14(17)9-12(13)6-2/h5,8-10,17H,1,6-7H2,2-4H3. The third-order valence-electron chi connectivity index (χ3n) is 2.59. The summed E-state index contributed by atoms with van der Waals surface area (Å²) in [7, 11) is 1.95. The summed E-state index contributed by atoms with van der Waals surface area (Å²) in [5.74, 6) is 0.334. The molecule has 0 aromatic heterocycles. The van der Waals surface area contributed by atoms with Gasteiger partial charge in [-0.2, -0.15) is 0 Å². The fraction of sp³-hybridized carbons (Fsp3) is 0.357. The van der Waals surface area contributed by atoms with Crippen LogP contribution >= 0.6 is 0 Å². The number of hydrogen-bond donors (Lipinski definition) is 1. The third-order valence-corrected chi connectivity index (χ3v) is 2.59. The normalized spacial score (nSPS) is 10.8. The summed E-state index contributed by atoms with van der Waals surface area (Å²) in [5.41, 5.74) is 2.82. The molecule has 17 heavy (non-hydrogen) atoms. The van der Waals surface area contributed by atoms with Crippen molar-refractivity contribution in [3.63, 3.8) is 0 Å². The molecule has 0 fully saturated rings. The van der Waals surface area contributed by atoms with Gasteiger partial charge in [-0.25, -0.2) is 4.99 Å². The highest BCUT2D eigenvalue weighted by Crippen LogP contribution is 2.27. The number of phenols is 1. The molecule has 0 aliphatic heterocycles. The van der Waals surface area contributed by atoms with Gasteiger partial charge in [-0.3, -0.25) is 0 Å². The first-order chi connectivity index (χ1) is 8.08. The maximum Gasteiger partial charge on any atom is 0.118 e. The van der Waals surface area contributed by atoms with Gasteiger partial charge in [0.2, 0.25) is 0 Å². The van der Waals surface area contributed by atoms with Crippen LogP contribution in [0.3, 0.4) is 0 Å². The summed E-state index contributed by atoms with van der Waals surface area (Å²) in [6, 6.07) is 3.70. The molecule has 0 spiro atoms. The molecule has 0 bridgehead atoms. The molecule has 1 aromatic carbocycles. The zero-order valence-corrected chi connectivity index (χ0v) is 10.8. The lowest BCUT2D eigenvalue weighted by Crippen LogP contribution is -2.15. The third kappa shape index (κ3) is 3.63. The van der Waals surface area contributed by atoms with E-state index in [-0.39, 0.29) is 0 Å². The van der Waals surface area contributed by atoms with Gasteiger partial charge in [0.15, 0.2) is 0 Å². The predicted molar refractivity (Wildman–Crippen MR) is 73.2 cm³/mol. The van der Waals surface area contributed by atoms with E-state index in [0.29, 0.717) is 5.75 Å². The van der Waals surface area contributed by atoms with Crippen LogP contribution in [0.25, 0.3) is 0 Å². The number of phenolic OH excluding ortho intramolecular Hbond substituents is 1. The summed E-state index contributed by atoms with van der Waals surface area (Å²) in [5, 5.41) is 9.64. The van der Waals surface area contributed by atoms with E-state index in [4.69, 9.17) is 0 Å². The molecule has 0 radical (unpaired) electrons. The maximum absolute atomic E-state index is 9.64. The molecule has 0 saturated heterocycles. The van der Waals surface area contributed by atoms with E-state index in [1.54, 1.807) is 12.4 Å². The molecule has 3 heteroatoms. The Morgan fingerprint density at radius 1 is 1.47 bits per heavy atom. The zero-order valence-electron chi connectivity index (χ0n) is 10.8. The van der Waals surface area contributed by atoms with E-state index in [1.165, 1.54) is 0 Å². The molecule has 0 heterocycles. The highest BCUT2D eigenvalue weighted by Gasteiger charge is 2.04. The van der Waals surface area contributed by atoms with E-state index in [2.05, 4.69) is 18.5 Å². The number of aliphatic imine (C=N–C) groups is 1. The molecule has 0 aliphatic carbocycles. The lowest BCUT2D eigenvalue weighted by atomic mass is 10.1. The number of rotatable bonds is 5. The Kier molecular flexibility index (Phi) is 4.76. The van der Waals surface area contributed by atoms with Crippen LogP contribution in [0, 0.1) is 6.92 Å². The van der Waals surface area contributed by atoms with Crippen LogP contribution in [-0.4, -0.2) is 29.9 Å². The van der Waals surface area contributed by atoms with Crippen molar-refractivity contribution in [2.75, 3.05) is 13.6 Å². The Hall–Kier alpha value is -1.77. The van der Waals surface area contributed by atoms with E-state index in [9.17, 15) is 5.11 Å². The Morgan fingerprint density at radius 3 is 2.76 bits per heavy atom. The van der Waals surface area contributed by atoms with E-state index in [0.717, 1.165) is 29.8 Å². The van der Waals surface area contributed by atoms with Crippen molar-refractivity contribution in [3.8, 4) is 5.75 Å². The summed E-state index contributed by atoms with van der Waals surface area (Å²) in [6.07, 6.45) is 4.47. The van der Waals surface area contributed by atoms with Crippen molar-refractivity contribution in [3.05, 3.63) is 35.9 Å². The smallest absolute Gasteiger partial charge is 0.118 e. The van der Waals surface area contributed by atoms with Gasteiger partial charge in [0, 0.05) is 13.6 Å². The average molecular weight is 232 g/mol. The SMILES string of the molecule is C=CCN(C)C=Nc1cc(C)c(O)cc1CC. The molecule has 1 aromatic rings. The average Bonchev–Trinajstić information content (AvgIpc) is 2.30. The Labute approximate surface area is 103 Å². The second-order valence-electron chi connectivity index (χ2n) is 4.09. The Balaban J connectivity index is 2.97. The van der Waals surface area contributed by atoms with E-state index in [1.807, 2.05) is 31.0 Å². The minimum absolute atomic E-state index is 0.334. The van der Waals surface area contributed by atoms with Crippen molar-refractivity contribution in [1.29, 1.82) is 0 Å². The zero-order chi connectivity index (χ0) is 12.8. The minimum Gasteiger partial charge on any atom is -0.508 e. The van der Waals surface area contributed by atoms with Gasteiger partial charge >= 0.3 is 0 Å². The highest BCUT2D eigenvalue weighted by molar-refractivity contribution is 5.64. The number of hydrogen-bond acceptors (Lipinski definition) is 2. The molecule has 3 nitrogen and oxygen atoms in total. The van der Waals surface area contributed by atoms with Gasteiger partial charge < -0.3 is 10.0 Å². The molecule has 0 atom stereocenters. The van der Waals surface area contributed by atoms with Crippen LogP contribution in [0.2, 0.25) is 0 Å². The van der Waals surface area contributed by atoms with Gasteiger partial charge in [0.05, 0.1) is 12.0 Å². The first-order valence-corrected chi connectivity index (χ1v) is 5.76. The quantitative estimate of drug-likeness (QED) is 0.481. The fourth-order valence-corrected chi connectivity index (χ4v) is 1.54. The second-order valence-corrected chi connectivity index (χ2v) is 4.09. The number of nitrogens with zero attached hydrogens (tertiary/aromatic N) is 2. The predicted octanol–water partition coefficient (Wildman–Crippen LogP) is 3.04. The molecule has 92 valence electrons. The molecule has 0 aliphatic rings. The van der Waals surface area contributed by atoms with Crippen LogP contribution in [0.4, 0.5) is 5.69 Å². The van der Waals surface area contributed by atoms with Crippen LogP contribution in [0.5, 0.6) is 5.75 Å². The van der Waals surface area contributed by atoms with Crippen molar-refractivity contribution in [2.24, 2.45) is 4.99 Å². The summed E-state index contributed by atoms with van der Waals surface area (Å²) in [4.78, 5) is 6.39. The molecule has 0 saturated carbocycles. The van der Waals surface area contributed by atoms with Gasteiger partial charge in [-0.05, 0) is 36.6 Å². The molecule has 1 rings (SSSR count). The summed E-state index contributed by atoms with van der Waals surface area (Å²) in [6.45, 7) is 8.37. The molecule has 0 amide bonds. The number of benzene rings is 1. The van der Waals surface area contributed by atoms with Gasteiger partial charge in [0.25, 0.3) is 0 Å². The van der Waals surface area contributed by atoms with Crippen molar-refractivity contribution >= 4 is 12.0 Å². The van der Waals surface area contributed by atoms with E-state index >= 15 is 0 Å².